The number of benzene rings is 1. The van der Waals surface area contributed by atoms with Crippen LogP contribution in [0.2, 0.25) is 5.02 Å². The molecule has 0 saturated carbocycles. The average Bonchev–Trinajstić information content (AvgIpc) is 2.71. The Morgan fingerprint density at radius 1 is 1.21 bits per heavy atom. The summed E-state index contributed by atoms with van der Waals surface area (Å²) in [6.07, 6.45) is -4.18. The van der Waals surface area contributed by atoms with E-state index in [0.29, 0.717) is 12.3 Å². The van der Waals surface area contributed by atoms with Gasteiger partial charge >= 0.3 is 6.18 Å². The number of guanidine groups is 1. The third kappa shape index (κ3) is 4.12. The van der Waals surface area contributed by atoms with E-state index in [0.717, 1.165) is 6.07 Å². The molecular formula is C21H20ClF4N5O2. The minimum absolute atomic E-state index is 0.0128. The summed E-state index contributed by atoms with van der Waals surface area (Å²) in [5.41, 5.74) is 1.77. The second-order valence-electron chi connectivity index (χ2n) is 8.23. The molecule has 2 amide bonds. The maximum absolute atomic E-state index is 14.9. The highest BCUT2D eigenvalue weighted by molar-refractivity contribution is 6.34. The number of alkyl halides is 3. The molecule has 1 unspecified atom stereocenters. The number of carbonyl (C=O) groups is 2. The zero-order valence-electron chi connectivity index (χ0n) is 18.0. The Morgan fingerprint density at radius 2 is 1.85 bits per heavy atom. The molecule has 0 fully saturated rings. The van der Waals surface area contributed by atoms with Gasteiger partial charge in [-0.2, -0.15) is 13.2 Å². The summed E-state index contributed by atoms with van der Waals surface area (Å²) in [5, 5.41) is 1.93. The van der Waals surface area contributed by atoms with Gasteiger partial charge in [-0.3, -0.25) is 14.5 Å². The standard InChI is InChI=1S/C21H20ClF4N5O2/c1-19(2)17(33)31(4)18(27)30-20(19,3)12-8-11(5-6-14(12)23)29-16(32)15-13(22)7-10(9-28-15)21(24,25)26/h5-9H,1-4H3,(H2,27,30)(H,29,32). The molecular weight excluding hydrogens is 466 g/mol. The molecule has 1 aliphatic rings. The summed E-state index contributed by atoms with van der Waals surface area (Å²) in [6.45, 7) is 4.74. The Labute approximate surface area is 191 Å². The van der Waals surface area contributed by atoms with Crippen LogP contribution in [-0.4, -0.2) is 34.7 Å². The van der Waals surface area contributed by atoms with Crippen LogP contribution < -0.4 is 11.1 Å². The molecule has 2 heterocycles. The fourth-order valence-corrected chi connectivity index (χ4v) is 3.75. The highest BCUT2D eigenvalue weighted by Gasteiger charge is 2.53. The molecule has 0 bridgehead atoms. The van der Waals surface area contributed by atoms with Crippen molar-refractivity contribution in [2.24, 2.45) is 16.1 Å². The van der Waals surface area contributed by atoms with Gasteiger partial charge in [-0.1, -0.05) is 11.6 Å². The van der Waals surface area contributed by atoms with E-state index < -0.39 is 45.1 Å². The topological polar surface area (TPSA) is 101 Å². The van der Waals surface area contributed by atoms with Crippen LogP contribution in [0.25, 0.3) is 0 Å². The molecule has 0 aliphatic carbocycles. The molecule has 33 heavy (non-hydrogen) atoms. The van der Waals surface area contributed by atoms with E-state index >= 15 is 0 Å². The second kappa shape index (κ2) is 7.98. The van der Waals surface area contributed by atoms with Crippen molar-refractivity contribution in [2.45, 2.75) is 32.5 Å². The van der Waals surface area contributed by atoms with Gasteiger partial charge in [0.2, 0.25) is 5.91 Å². The third-order valence-electron chi connectivity index (χ3n) is 5.87. The van der Waals surface area contributed by atoms with E-state index in [4.69, 9.17) is 17.3 Å². The molecule has 0 saturated heterocycles. The lowest BCUT2D eigenvalue weighted by atomic mass is 9.67. The van der Waals surface area contributed by atoms with Crippen molar-refractivity contribution < 1.29 is 27.2 Å². The number of carbonyl (C=O) groups excluding carboxylic acids is 2. The Bertz CT molecular complexity index is 1180. The molecule has 12 heteroatoms. The van der Waals surface area contributed by atoms with E-state index in [9.17, 15) is 27.2 Å². The molecule has 0 radical (unpaired) electrons. The summed E-state index contributed by atoms with van der Waals surface area (Å²) >= 11 is 5.82. The van der Waals surface area contributed by atoms with E-state index in [2.05, 4.69) is 15.3 Å². The second-order valence-corrected chi connectivity index (χ2v) is 8.64. The van der Waals surface area contributed by atoms with Crippen LogP contribution in [0.15, 0.2) is 35.5 Å². The average molecular weight is 486 g/mol. The first kappa shape index (κ1) is 24.4. The summed E-state index contributed by atoms with van der Waals surface area (Å²) in [6, 6.07) is 4.19. The lowest BCUT2D eigenvalue weighted by molar-refractivity contribution is -0.140. The number of hydrogen-bond donors (Lipinski definition) is 2. The third-order valence-corrected chi connectivity index (χ3v) is 6.16. The molecule has 2 aromatic rings. The van der Waals surface area contributed by atoms with Gasteiger partial charge in [0.1, 0.15) is 17.1 Å². The van der Waals surface area contributed by atoms with Crippen LogP contribution >= 0.6 is 11.6 Å². The minimum atomic E-state index is -4.67. The minimum Gasteiger partial charge on any atom is -0.369 e. The SMILES string of the molecule is CN1C(=O)C(C)(C)C(C)(c2cc(NC(=O)c3ncc(C(F)(F)F)cc3Cl)ccc2F)N=C1N. The van der Waals surface area contributed by atoms with Crippen LogP contribution in [0.3, 0.4) is 0 Å². The van der Waals surface area contributed by atoms with Crippen molar-refractivity contribution in [3.05, 3.63) is 58.1 Å². The molecule has 1 aliphatic heterocycles. The number of halogens is 5. The molecule has 176 valence electrons. The number of amides is 2. The van der Waals surface area contributed by atoms with Gasteiger partial charge < -0.3 is 11.1 Å². The van der Waals surface area contributed by atoms with Gasteiger partial charge in [-0.05, 0) is 45.0 Å². The van der Waals surface area contributed by atoms with E-state index in [1.54, 1.807) is 20.8 Å². The van der Waals surface area contributed by atoms with Crippen molar-refractivity contribution in [1.82, 2.24) is 9.88 Å². The largest absolute Gasteiger partial charge is 0.417 e. The summed E-state index contributed by atoms with van der Waals surface area (Å²) in [7, 11) is 1.45. The predicted molar refractivity (Wildman–Crippen MR) is 114 cm³/mol. The van der Waals surface area contributed by atoms with Gasteiger partial charge in [0.25, 0.3) is 5.91 Å². The first-order valence-electron chi connectivity index (χ1n) is 9.57. The smallest absolute Gasteiger partial charge is 0.369 e. The first-order chi connectivity index (χ1) is 15.1. The van der Waals surface area contributed by atoms with Gasteiger partial charge in [-0.15, -0.1) is 0 Å². The summed E-state index contributed by atoms with van der Waals surface area (Å²) < 4.78 is 53.3. The van der Waals surface area contributed by atoms with Crippen LogP contribution in [0.1, 0.15) is 42.4 Å². The normalized spacial score (nSPS) is 20.5. The highest BCUT2D eigenvalue weighted by atomic mass is 35.5. The first-order valence-corrected chi connectivity index (χ1v) is 9.95. The van der Waals surface area contributed by atoms with Crippen LogP contribution in [0.5, 0.6) is 0 Å². The van der Waals surface area contributed by atoms with E-state index in [1.165, 1.54) is 24.1 Å². The molecule has 1 aromatic heterocycles. The number of anilines is 1. The summed E-state index contributed by atoms with van der Waals surface area (Å²) in [5.74, 6) is -2.08. The molecule has 1 aromatic carbocycles. The number of nitrogens with two attached hydrogens (primary N) is 1. The zero-order chi connectivity index (χ0) is 24.9. The van der Waals surface area contributed by atoms with Crippen molar-refractivity contribution in [1.29, 1.82) is 0 Å². The predicted octanol–water partition coefficient (Wildman–Crippen LogP) is 4.17. The lowest BCUT2D eigenvalue weighted by Gasteiger charge is -2.46. The maximum atomic E-state index is 14.9. The van der Waals surface area contributed by atoms with Crippen molar-refractivity contribution in [2.75, 3.05) is 12.4 Å². The zero-order valence-corrected chi connectivity index (χ0v) is 18.8. The Balaban J connectivity index is 1.99. The molecule has 3 N–H and O–H groups in total. The molecule has 7 nitrogen and oxygen atoms in total. The number of nitrogens with one attached hydrogen (secondary N) is 1. The number of aliphatic imine (C=N–C) groups is 1. The van der Waals surface area contributed by atoms with Gasteiger partial charge in [0.05, 0.1) is 16.0 Å². The van der Waals surface area contributed by atoms with Crippen LogP contribution in [-0.2, 0) is 16.5 Å². The van der Waals surface area contributed by atoms with Crippen LogP contribution in [0, 0.1) is 11.2 Å². The fourth-order valence-electron chi connectivity index (χ4n) is 3.50. The van der Waals surface area contributed by atoms with Gasteiger partial charge in [0, 0.05) is 24.5 Å². The maximum Gasteiger partial charge on any atom is 0.417 e. The van der Waals surface area contributed by atoms with Gasteiger partial charge in [-0.25, -0.2) is 14.4 Å². The number of aromatic nitrogens is 1. The summed E-state index contributed by atoms with van der Waals surface area (Å²) in [4.78, 5) is 34.4. The van der Waals surface area contributed by atoms with Crippen molar-refractivity contribution in [3.63, 3.8) is 0 Å². The number of pyridine rings is 1. The van der Waals surface area contributed by atoms with Crippen LogP contribution in [0.4, 0.5) is 23.2 Å². The quantitative estimate of drug-likeness (QED) is 0.637. The molecule has 1 atom stereocenters. The van der Waals surface area contributed by atoms with E-state index in [-0.39, 0.29) is 23.1 Å². The van der Waals surface area contributed by atoms with E-state index in [1.807, 2.05) is 0 Å². The Morgan fingerprint density at radius 3 is 2.42 bits per heavy atom. The Kier molecular flexibility index (Phi) is 5.91. The highest BCUT2D eigenvalue weighted by Crippen LogP contribution is 2.47. The number of hydrogen-bond acceptors (Lipinski definition) is 5. The van der Waals surface area contributed by atoms with Gasteiger partial charge in [0.15, 0.2) is 5.96 Å². The number of rotatable bonds is 3. The molecule has 3 rings (SSSR count). The molecule has 0 spiro atoms. The monoisotopic (exact) mass is 485 g/mol. The lowest BCUT2D eigenvalue weighted by Crippen LogP contribution is -2.58. The fraction of sp³-hybridized carbons (Fsp3) is 0.333. The Hall–Kier alpha value is -3.21. The van der Waals surface area contributed by atoms with Crippen molar-refractivity contribution in [3.8, 4) is 0 Å². The van der Waals surface area contributed by atoms with Crippen molar-refractivity contribution >= 4 is 35.1 Å². The number of nitrogens with zero attached hydrogens (tertiary/aromatic N) is 3.